The zero-order valence-electron chi connectivity index (χ0n) is 35.4. The first-order valence-corrected chi connectivity index (χ1v) is 22.5. The molecule has 0 unspecified atom stereocenters. The third-order valence-corrected chi connectivity index (χ3v) is 14.2. The maximum absolute atomic E-state index is 14.6. The first-order chi connectivity index (χ1) is 32.7. The van der Waals surface area contributed by atoms with Crippen molar-refractivity contribution in [3.05, 3.63) is 223 Å². The minimum atomic E-state index is -0.00556. The van der Waals surface area contributed by atoms with Crippen LogP contribution in [0.1, 0.15) is 0 Å². The number of benzene rings is 10. The molecule has 0 bridgehead atoms. The average Bonchev–Trinajstić information content (AvgIpc) is 4.12. The minimum Gasteiger partial charge on any atom is -0.456 e. The minimum absolute atomic E-state index is 0.00556. The molecule has 15 rings (SSSR count). The normalized spacial score (nSPS) is 12.3. The lowest BCUT2D eigenvalue weighted by molar-refractivity contribution is 0.669. The first-order valence-electron chi connectivity index (χ1n) is 22.5. The van der Waals surface area contributed by atoms with Gasteiger partial charge in [-0.2, -0.15) is 0 Å². The van der Waals surface area contributed by atoms with Crippen LogP contribution in [0, 0.1) is 0 Å². The van der Waals surface area contributed by atoms with Gasteiger partial charge >= 0.3 is 0 Å². The van der Waals surface area contributed by atoms with E-state index in [9.17, 15) is 4.79 Å². The Bertz CT molecular complexity index is 4600. The van der Waals surface area contributed by atoms with Crippen LogP contribution < -0.4 is 5.56 Å². The largest absolute Gasteiger partial charge is 0.456 e. The molecule has 5 heteroatoms. The Kier molecular flexibility index (Phi) is 7.03. The molecule has 306 valence electrons. The quantitative estimate of drug-likeness (QED) is 0.166. The van der Waals surface area contributed by atoms with Crippen molar-refractivity contribution in [2.45, 2.75) is 0 Å². The van der Waals surface area contributed by atoms with Gasteiger partial charge in [0.25, 0.3) is 5.56 Å². The Morgan fingerprint density at radius 3 is 1.56 bits per heavy atom. The number of hydrogen-bond acceptors (Lipinski definition) is 2. The highest BCUT2D eigenvalue weighted by Crippen LogP contribution is 2.44. The molecule has 0 fully saturated rings. The molecule has 0 saturated heterocycles. The number of aromatic nitrogens is 3. The van der Waals surface area contributed by atoms with Crippen molar-refractivity contribution in [3.63, 3.8) is 0 Å². The van der Waals surface area contributed by atoms with E-state index < -0.39 is 0 Å². The fourth-order valence-electron chi connectivity index (χ4n) is 11.4. The van der Waals surface area contributed by atoms with Gasteiger partial charge in [0.15, 0.2) is 0 Å². The Morgan fingerprint density at radius 2 is 0.848 bits per heavy atom. The highest BCUT2D eigenvalue weighted by molar-refractivity contribution is 6.25. The number of fused-ring (bicyclic) bond motifs is 14. The van der Waals surface area contributed by atoms with Crippen LogP contribution >= 0.6 is 0 Å². The van der Waals surface area contributed by atoms with Crippen molar-refractivity contribution < 1.29 is 4.42 Å². The van der Waals surface area contributed by atoms with Gasteiger partial charge in [-0.25, -0.2) is 0 Å². The van der Waals surface area contributed by atoms with Crippen molar-refractivity contribution in [2.75, 3.05) is 0 Å². The Labute approximate surface area is 376 Å². The lowest BCUT2D eigenvalue weighted by Crippen LogP contribution is -2.13. The van der Waals surface area contributed by atoms with Gasteiger partial charge in [-0.05, 0) is 107 Å². The summed E-state index contributed by atoms with van der Waals surface area (Å²) in [5.74, 6) is 0. The van der Waals surface area contributed by atoms with E-state index in [1.165, 1.54) is 43.7 Å². The monoisotopic (exact) mass is 841 g/mol. The SMILES string of the molecule is O=c1c2cccc(-c3cccc4oc5ccc(-n6c7ccccc7c7cc(-c8ccc9c(c8)c8ccccc8n9-c8ccccc8)ccc76)cc5c34)c2c2cccc3c4ccccc4n1c32. The summed E-state index contributed by atoms with van der Waals surface area (Å²) in [7, 11) is 0. The Hall–Kier alpha value is -8.93. The third-order valence-electron chi connectivity index (χ3n) is 14.2. The fourth-order valence-corrected chi connectivity index (χ4v) is 11.4. The van der Waals surface area contributed by atoms with E-state index >= 15 is 0 Å². The third kappa shape index (κ3) is 4.70. The second-order valence-corrected chi connectivity index (χ2v) is 17.6. The van der Waals surface area contributed by atoms with Gasteiger partial charge in [-0.3, -0.25) is 9.20 Å². The lowest BCUT2D eigenvalue weighted by atomic mass is 9.92. The average molecular weight is 842 g/mol. The molecular formula is C61H35N3O2. The predicted molar refractivity (Wildman–Crippen MR) is 274 cm³/mol. The van der Waals surface area contributed by atoms with E-state index in [4.69, 9.17) is 4.42 Å². The van der Waals surface area contributed by atoms with Gasteiger partial charge in [-0.1, -0.05) is 127 Å². The second kappa shape index (κ2) is 13.1. The highest BCUT2D eigenvalue weighted by Gasteiger charge is 2.22. The predicted octanol–water partition coefficient (Wildman–Crippen LogP) is 15.6. The summed E-state index contributed by atoms with van der Waals surface area (Å²) in [5, 5.41) is 11.8. The summed E-state index contributed by atoms with van der Waals surface area (Å²) in [4.78, 5) is 14.6. The summed E-state index contributed by atoms with van der Waals surface area (Å²) in [6.07, 6.45) is 0. The van der Waals surface area contributed by atoms with Crippen LogP contribution in [-0.2, 0) is 0 Å². The lowest BCUT2D eigenvalue weighted by Gasteiger charge is -2.13. The van der Waals surface area contributed by atoms with E-state index in [0.29, 0.717) is 5.39 Å². The van der Waals surface area contributed by atoms with Crippen LogP contribution in [-0.4, -0.2) is 13.5 Å². The molecular weight excluding hydrogens is 807 g/mol. The molecule has 0 aliphatic rings. The molecule has 0 aliphatic heterocycles. The fraction of sp³-hybridized carbons (Fsp3) is 0. The molecule has 15 aromatic rings. The van der Waals surface area contributed by atoms with Crippen LogP contribution in [0.5, 0.6) is 0 Å². The van der Waals surface area contributed by atoms with Crippen LogP contribution in [0.15, 0.2) is 222 Å². The van der Waals surface area contributed by atoms with E-state index in [0.717, 1.165) is 88.1 Å². The summed E-state index contributed by atoms with van der Waals surface area (Å²) in [6.45, 7) is 0. The van der Waals surface area contributed by atoms with Crippen molar-refractivity contribution in [3.8, 4) is 33.6 Å². The smallest absolute Gasteiger partial charge is 0.263 e. The van der Waals surface area contributed by atoms with Gasteiger partial charge in [0.2, 0.25) is 0 Å². The molecule has 10 aromatic carbocycles. The number of hydrogen-bond donors (Lipinski definition) is 0. The summed E-state index contributed by atoms with van der Waals surface area (Å²) in [5.41, 5.74) is 14.8. The summed E-state index contributed by atoms with van der Waals surface area (Å²) < 4.78 is 13.3. The number of pyridine rings is 1. The number of furan rings is 1. The zero-order valence-corrected chi connectivity index (χ0v) is 35.4. The van der Waals surface area contributed by atoms with Crippen molar-refractivity contribution in [2.24, 2.45) is 0 Å². The molecule has 66 heavy (non-hydrogen) atoms. The Morgan fingerprint density at radius 1 is 0.318 bits per heavy atom. The maximum atomic E-state index is 14.6. The van der Waals surface area contributed by atoms with Crippen molar-refractivity contribution in [1.82, 2.24) is 13.5 Å². The molecule has 0 spiro atoms. The zero-order chi connectivity index (χ0) is 43.2. The van der Waals surface area contributed by atoms with Crippen LogP contribution in [0.3, 0.4) is 0 Å². The van der Waals surface area contributed by atoms with Crippen LogP contribution in [0.4, 0.5) is 0 Å². The molecule has 0 saturated carbocycles. The number of para-hydroxylation sites is 5. The van der Waals surface area contributed by atoms with E-state index in [1.54, 1.807) is 0 Å². The summed E-state index contributed by atoms with van der Waals surface area (Å²) in [6, 6.07) is 75.4. The molecule has 0 N–H and O–H groups in total. The van der Waals surface area contributed by atoms with E-state index in [1.807, 2.05) is 34.7 Å². The van der Waals surface area contributed by atoms with Gasteiger partial charge in [0, 0.05) is 70.6 Å². The molecule has 5 aromatic heterocycles. The molecule has 5 heterocycles. The Balaban J connectivity index is 0.922. The van der Waals surface area contributed by atoms with Gasteiger partial charge < -0.3 is 13.6 Å². The number of nitrogens with zero attached hydrogens (tertiary/aromatic N) is 3. The second-order valence-electron chi connectivity index (χ2n) is 17.6. The van der Waals surface area contributed by atoms with Gasteiger partial charge in [0.1, 0.15) is 11.2 Å². The van der Waals surface area contributed by atoms with Gasteiger partial charge in [-0.15, -0.1) is 0 Å². The van der Waals surface area contributed by atoms with Crippen molar-refractivity contribution >= 4 is 104 Å². The molecule has 0 amide bonds. The number of rotatable bonds is 4. The maximum Gasteiger partial charge on any atom is 0.263 e. The molecule has 0 atom stereocenters. The van der Waals surface area contributed by atoms with Gasteiger partial charge in [0.05, 0.1) is 33.1 Å². The summed E-state index contributed by atoms with van der Waals surface area (Å²) >= 11 is 0. The van der Waals surface area contributed by atoms with E-state index in [-0.39, 0.29) is 5.56 Å². The van der Waals surface area contributed by atoms with Crippen LogP contribution in [0.25, 0.3) is 137 Å². The van der Waals surface area contributed by atoms with Crippen molar-refractivity contribution in [1.29, 1.82) is 0 Å². The first kappa shape index (κ1) is 35.5. The highest BCUT2D eigenvalue weighted by atomic mass is 16.3. The molecule has 5 nitrogen and oxygen atoms in total. The standard InChI is InChI=1S/C61H35N3O2/c65-61-47-22-10-18-43(58(47)46-21-11-20-45-40-15-4-9-25-53(40)64(61)60(45)46)44-19-12-26-57-59(44)50-35-39(29-32-56(50)66-57)63-52-24-8-6-17-42(52)49-34-37(28-31-55(49)63)36-27-30-54-48(33-36)41-16-5-7-23-51(41)62(54)38-13-2-1-3-14-38/h1-35H. The van der Waals surface area contributed by atoms with E-state index in [2.05, 4.69) is 191 Å². The van der Waals surface area contributed by atoms with Crippen LogP contribution in [0.2, 0.25) is 0 Å². The molecule has 0 radical (unpaired) electrons. The topological polar surface area (TPSA) is 44.5 Å². The molecule has 0 aliphatic carbocycles.